The molecule has 2 rings (SSSR count). The van der Waals surface area contributed by atoms with Gasteiger partial charge in [-0.1, -0.05) is 12.1 Å². The molecule has 1 aromatic heterocycles. The van der Waals surface area contributed by atoms with Crippen LogP contribution in [-0.2, 0) is 0 Å². The van der Waals surface area contributed by atoms with Crippen LogP contribution in [0.2, 0.25) is 0 Å². The first-order valence-corrected chi connectivity index (χ1v) is 5.71. The van der Waals surface area contributed by atoms with Gasteiger partial charge in [0.15, 0.2) is 5.82 Å². The molecule has 0 fully saturated rings. The van der Waals surface area contributed by atoms with Crippen molar-refractivity contribution >= 4 is 27.4 Å². The third-order valence-electron chi connectivity index (χ3n) is 1.93. The molecule has 0 bridgehead atoms. The molecule has 2 aromatic rings. The van der Waals surface area contributed by atoms with Crippen LogP contribution in [0.25, 0.3) is 10.1 Å². The van der Waals surface area contributed by atoms with Crippen LogP contribution in [0.4, 0.5) is 5.82 Å². The smallest absolute Gasteiger partial charge is 0.161 e. The normalized spacial score (nSPS) is 11.9. The summed E-state index contributed by atoms with van der Waals surface area (Å²) in [6.45, 7) is 6.32. The number of hydrogen-bond acceptors (Lipinski definition) is 4. The van der Waals surface area contributed by atoms with Gasteiger partial charge in [0, 0.05) is 10.9 Å². The summed E-state index contributed by atoms with van der Waals surface area (Å²) < 4.78 is 5.57. The van der Waals surface area contributed by atoms with Gasteiger partial charge in [-0.15, -0.1) is 0 Å². The van der Waals surface area contributed by atoms with Crippen molar-refractivity contribution in [3.63, 3.8) is 0 Å². The van der Waals surface area contributed by atoms with E-state index >= 15 is 0 Å². The Labute approximate surface area is 93.6 Å². The summed E-state index contributed by atoms with van der Waals surface area (Å²) in [4.78, 5) is 0. The Morgan fingerprint density at radius 1 is 1.20 bits per heavy atom. The van der Waals surface area contributed by atoms with Gasteiger partial charge in [0.2, 0.25) is 0 Å². The minimum atomic E-state index is 0.0325. The van der Waals surface area contributed by atoms with E-state index in [0.717, 1.165) is 5.82 Å². The van der Waals surface area contributed by atoms with Crippen molar-refractivity contribution in [3.05, 3.63) is 24.3 Å². The lowest BCUT2D eigenvalue weighted by Crippen LogP contribution is -2.40. The average molecular weight is 221 g/mol. The molecule has 0 aliphatic heterocycles. The summed E-state index contributed by atoms with van der Waals surface area (Å²) in [5.41, 5.74) is 6.40. The maximum Gasteiger partial charge on any atom is 0.161 e. The van der Waals surface area contributed by atoms with Crippen LogP contribution in [0, 0.1) is 0 Å². The fraction of sp³-hybridized carbons (Fsp3) is 0.364. The monoisotopic (exact) mass is 221 g/mol. The fourth-order valence-electron chi connectivity index (χ4n) is 1.22. The Morgan fingerprint density at radius 3 is 2.67 bits per heavy atom. The number of hydrogen-bond donors (Lipinski definition) is 2. The topological polar surface area (TPSA) is 37.0 Å². The highest BCUT2D eigenvalue weighted by atomic mass is 32.1. The number of benzene rings is 1. The zero-order valence-corrected chi connectivity index (χ0v) is 9.98. The van der Waals surface area contributed by atoms with Crippen LogP contribution in [-0.4, -0.2) is 9.91 Å². The van der Waals surface area contributed by atoms with E-state index < -0.39 is 0 Å². The van der Waals surface area contributed by atoms with E-state index in [2.05, 4.69) is 48.1 Å². The third-order valence-corrected chi connectivity index (χ3v) is 2.76. The predicted octanol–water partition coefficient (Wildman–Crippen LogP) is 3.01. The van der Waals surface area contributed by atoms with Crippen molar-refractivity contribution in [1.29, 1.82) is 0 Å². The van der Waals surface area contributed by atoms with Gasteiger partial charge in [0.1, 0.15) is 0 Å². The standard InChI is InChI=1S/C11H15N3S/c1-11(2,3)14-12-10-8-6-4-5-7-9(8)15-13-10/h4-7,14H,1-3H3,(H,12,13). The number of nitrogens with one attached hydrogen (secondary N) is 2. The third kappa shape index (κ3) is 2.46. The number of hydrazine groups is 1. The van der Waals surface area contributed by atoms with E-state index in [1.165, 1.54) is 21.6 Å². The Morgan fingerprint density at radius 2 is 1.93 bits per heavy atom. The van der Waals surface area contributed by atoms with E-state index in [1.807, 2.05) is 12.1 Å². The Balaban J connectivity index is 2.22. The van der Waals surface area contributed by atoms with Gasteiger partial charge in [-0.05, 0) is 44.4 Å². The van der Waals surface area contributed by atoms with Gasteiger partial charge >= 0.3 is 0 Å². The lowest BCUT2D eigenvalue weighted by Gasteiger charge is -2.20. The second-order valence-corrected chi connectivity index (χ2v) is 5.33. The van der Waals surface area contributed by atoms with E-state index in [0.29, 0.717) is 0 Å². The second-order valence-electron chi connectivity index (χ2n) is 4.53. The van der Waals surface area contributed by atoms with Crippen LogP contribution >= 0.6 is 11.5 Å². The van der Waals surface area contributed by atoms with Crippen molar-refractivity contribution in [1.82, 2.24) is 9.80 Å². The van der Waals surface area contributed by atoms with E-state index in [9.17, 15) is 0 Å². The fourth-order valence-corrected chi connectivity index (χ4v) is 1.96. The zero-order chi connectivity index (χ0) is 10.9. The highest BCUT2D eigenvalue weighted by molar-refractivity contribution is 7.13. The second kappa shape index (κ2) is 3.79. The molecule has 3 nitrogen and oxygen atoms in total. The van der Waals surface area contributed by atoms with Crippen LogP contribution in [0.15, 0.2) is 24.3 Å². The summed E-state index contributed by atoms with van der Waals surface area (Å²) in [6.07, 6.45) is 0. The van der Waals surface area contributed by atoms with E-state index in [4.69, 9.17) is 0 Å². The Bertz CT molecular complexity index is 456. The summed E-state index contributed by atoms with van der Waals surface area (Å²) in [5.74, 6) is 0.908. The first-order valence-electron chi connectivity index (χ1n) is 4.94. The molecule has 0 saturated carbocycles. The highest BCUT2D eigenvalue weighted by Gasteiger charge is 2.10. The lowest BCUT2D eigenvalue weighted by atomic mass is 10.1. The molecular weight excluding hydrogens is 206 g/mol. The molecular formula is C11H15N3S. The van der Waals surface area contributed by atoms with Gasteiger partial charge in [-0.3, -0.25) is 0 Å². The van der Waals surface area contributed by atoms with Crippen LogP contribution in [0.5, 0.6) is 0 Å². The Hall–Kier alpha value is -1.13. The van der Waals surface area contributed by atoms with Crippen molar-refractivity contribution in [3.8, 4) is 0 Å². The minimum absolute atomic E-state index is 0.0325. The number of fused-ring (bicyclic) bond motifs is 1. The molecule has 0 unspecified atom stereocenters. The van der Waals surface area contributed by atoms with E-state index in [-0.39, 0.29) is 5.54 Å². The molecule has 0 amide bonds. The van der Waals surface area contributed by atoms with Gasteiger partial charge in [0.25, 0.3) is 0 Å². The van der Waals surface area contributed by atoms with Crippen molar-refractivity contribution in [2.45, 2.75) is 26.3 Å². The summed E-state index contributed by atoms with van der Waals surface area (Å²) in [5, 5.41) is 1.17. The maximum absolute atomic E-state index is 4.37. The summed E-state index contributed by atoms with van der Waals surface area (Å²) in [6, 6.07) is 8.21. The highest BCUT2D eigenvalue weighted by Crippen LogP contribution is 2.25. The number of anilines is 1. The molecule has 0 spiro atoms. The molecule has 0 radical (unpaired) electrons. The molecule has 80 valence electrons. The molecule has 4 heteroatoms. The number of nitrogens with zero attached hydrogens (tertiary/aromatic N) is 1. The SMILES string of the molecule is CC(C)(C)NNc1nsc2ccccc12. The molecule has 0 atom stereocenters. The van der Waals surface area contributed by atoms with Crippen LogP contribution in [0.1, 0.15) is 20.8 Å². The van der Waals surface area contributed by atoms with Crippen LogP contribution < -0.4 is 10.9 Å². The van der Waals surface area contributed by atoms with Crippen molar-refractivity contribution in [2.75, 3.05) is 5.43 Å². The predicted molar refractivity (Wildman–Crippen MR) is 66.1 cm³/mol. The number of aromatic nitrogens is 1. The van der Waals surface area contributed by atoms with Crippen LogP contribution in [0.3, 0.4) is 0 Å². The summed E-state index contributed by atoms with van der Waals surface area (Å²) >= 11 is 1.51. The average Bonchev–Trinajstić information content (AvgIpc) is 2.57. The van der Waals surface area contributed by atoms with Gasteiger partial charge in [-0.2, -0.15) is 4.37 Å². The van der Waals surface area contributed by atoms with Gasteiger partial charge in [-0.25, -0.2) is 5.43 Å². The molecule has 1 heterocycles. The van der Waals surface area contributed by atoms with Crippen molar-refractivity contribution in [2.24, 2.45) is 0 Å². The van der Waals surface area contributed by atoms with E-state index in [1.54, 1.807) is 0 Å². The molecule has 0 saturated heterocycles. The molecule has 0 aliphatic carbocycles. The largest absolute Gasteiger partial charge is 0.304 e. The molecule has 1 aromatic carbocycles. The van der Waals surface area contributed by atoms with Crippen molar-refractivity contribution < 1.29 is 0 Å². The first-order chi connectivity index (χ1) is 7.06. The molecule has 2 N–H and O–H groups in total. The molecule has 0 aliphatic rings. The van der Waals surface area contributed by atoms with Gasteiger partial charge < -0.3 is 5.43 Å². The minimum Gasteiger partial charge on any atom is -0.304 e. The zero-order valence-electron chi connectivity index (χ0n) is 9.16. The lowest BCUT2D eigenvalue weighted by molar-refractivity contribution is 0.465. The maximum atomic E-state index is 4.37. The quantitative estimate of drug-likeness (QED) is 0.765. The number of rotatable bonds is 2. The van der Waals surface area contributed by atoms with Gasteiger partial charge in [0.05, 0.1) is 4.70 Å². The Kier molecular flexibility index (Phi) is 2.63. The summed E-state index contributed by atoms with van der Waals surface area (Å²) in [7, 11) is 0. The molecule has 15 heavy (non-hydrogen) atoms. The first kappa shape index (κ1) is 10.4.